The molecule has 1 N–H and O–H groups in total. The van der Waals surface area contributed by atoms with E-state index in [2.05, 4.69) is 6.58 Å². The number of amides is 2. The third-order valence-corrected chi connectivity index (χ3v) is 4.86. The predicted molar refractivity (Wildman–Crippen MR) is 86.8 cm³/mol. The molecule has 0 aromatic heterocycles. The molecule has 6 nitrogen and oxygen atoms in total. The van der Waals surface area contributed by atoms with Gasteiger partial charge in [-0.1, -0.05) is 35.9 Å². The van der Waals surface area contributed by atoms with Gasteiger partial charge >= 0.3 is 0 Å². The molecule has 1 aromatic carbocycles. The molecule has 1 aliphatic heterocycles. The summed E-state index contributed by atoms with van der Waals surface area (Å²) in [6.07, 6.45) is 1.24. The average molecular weight is 336 g/mol. The van der Waals surface area contributed by atoms with Gasteiger partial charge in [0.05, 0.1) is 11.7 Å². The Morgan fingerprint density at radius 1 is 1.39 bits per heavy atom. The maximum absolute atomic E-state index is 12.0. The molecule has 1 aliphatic rings. The maximum Gasteiger partial charge on any atom is 0.238 e. The average Bonchev–Trinajstić information content (AvgIpc) is 2.82. The molecule has 0 saturated carbocycles. The van der Waals surface area contributed by atoms with Crippen molar-refractivity contribution in [3.05, 3.63) is 48.0 Å². The van der Waals surface area contributed by atoms with Crippen LogP contribution in [-0.4, -0.2) is 37.4 Å². The Kier molecular flexibility index (Phi) is 5.20. The number of benzene rings is 1. The molecule has 0 bridgehead atoms. The van der Waals surface area contributed by atoms with Gasteiger partial charge in [-0.2, -0.15) is 0 Å². The standard InChI is InChI=1S/C16H20N2O4S/c1-3-8-23(21,22)17-16(20)14-9-15(19)18(11-14)10-13-6-4-12(2)5-7-13/h3-7,14H,1,8-11H2,2H3,(H,17,20). The van der Waals surface area contributed by atoms with Crippen LogP contribution in [0.3, 0.4) is 0 Å². The largest absolute Gasteiger partial charge is 0.338 e. The summed E-state index contributed by atoms with van der Waals surface area (Å²) in [6.45, 7) is 5.96. The summed E-state index contributed by atoms with van der Waals surface area (Å²) in [5.41, 5.74) is 2.11. The highest BCUT2D eigenvalue weighted by molar-refractivity contribution is 7.90. The number of nitrogens with one attached hydrogen (secondary N) is 1. The number of hydrogen-bond acceptors (Lipinski definition) is 4. The van der Waals surface area contributed by atoms with E-state index < -0.39 is 21.8 Å². The second-order valence-electron chi connectivity index (χ2n) is 5.70. The maximum atomic E-state index is 12.0. The van der Waals surface area contributed by atoms with Crippen LogP contribution in [-0.2, 0) is 26.2 Å². The van der Waals surface area contributed by atoms with E-state index in [1.54, 1.807) is 4.90 Å². The molecule has 0 spiro atoms. The van der Waals surface area contributed by atoms with Crippen LogP contribution in [0.1, 0.15) is 17.5 Å². The molecule has 1 unspecified atom stereocenters. The van der Waals surface area contributed by atoms with Gasteiger partial charge in [0, 0.05) is 19.5 Å². The van der Waals surface area contributed by atoms with Crippen molar-refractivity contribution in [3.8, 4) is 0 Å². The van der Waals surface area contributed by atoms with Crippen molar-refractivity contribution in [1.82, 2.24) is 9.62 Å². The Bertz CT molecular complexity index is 710. The van der Waals surface area contributed by atoms with E-state index >= 15 is 0 Å². The van der Waals surface area contributed by atoms with Gasteiger partial charge in [-0.25, -0.2) is 8.42 Å². The molecule has 124 valence electrons. The molecule has 23 heavy (non-hydrogen) atoms. The van der Waals surface area contributed by atoms with Crippen LogP contribution in [0, 0.1) is 12.8 Å². The summed E-state index contributed by atoms with van der Waals surface area (Å²) in [5.74, 6) is -1.75. The lowest BCUT2D eigenvalue weighted by atomic mass is 10.1. The van der Waals surface area contributed by atoms with E-state index in [4.69, 9.17) is 0 Å². The zero-order valence-corrected chi connectivity index (χ0v) is 13.8. The molecule has 2 rings (SSSR count). The van der Waals surface area contributed by atoms with Gasteiger partial charge in [-0.05, 0) is 12.5 Å². The first kappa shape index (κ1) is 17.2. The van der Waals surface area contributed by atoms with Gasteiger partial charge in [0.1, 0.15) is 0 Å². The highest BCUT2D eigenvalue weighted by atomic mass is 32.2. The van der Waals surface area contributed by atoms with Crippen molar-refractivity contribution in [2.45, 2.75) is 19.9 Å². The van der Waals surface area contributed by atoms with Gasteiger partial charge in [-0.3, -0.25) is 14.3 Å². The van der Waals surface area contributed by atoms with Gasteiger partial charge < -0.3 is 4.90 Å². The van der Waals surface area contributed by atoms with Crippen molar-refractivity contribution in [1.29, 1.82) is 0 Å². The van der Waals surface area contributed by atoms with Crippen LogP contribution in [0.4, 0.5) is 0 Å². The molecule has 1 heterocycles. The molecule has 0 radical (unpaired) electrons. The molecular weight excluding hydrogens is 316 g/mol. The Morgan fingerprint density at radius 2 is 2.04 bits per heavy atom. The van der Waals surface area contributed by atoms with Crippen LogP contribution >= 0.6 is 0 Å². The second-order valence-corrected chi connectivity index (χ2v) is 7.46. The lowest BCUT2D eigenvalue weighted by Gasteiger charge is -2.16. The molecule has 2 amide bonds. The smallest absolute Gasteiger partial charge is 0.238 e. The van der Waals surface area contributed by atoms with Crippen LogP contribution < -0.4 is 4.72 Å². The van der Waals surface area contributed by atoms with Gasteiger partial charge in [0.25, 0.3) is 0 Å². The topological polar surface area (TPSA) is 83.5 Å². The molecule has 1 fully saturated rings. The minimum absolute atomic E-state index is 0.0291. The normalized spacial score (nSPS) is 18.0. The van der Waals surface area contributed by atoms with Gasteiger partial charge in [0.2, 0.25) is 21.8 Å². The lowest BCUT2D eigenvalue weighted by Crippen LogP contribution is -2.37. The third-order valence-electron chi connectivity index (χ3n) is 3.67. The first-order valence-corrected chi connectivity index (χ1v) is 8.94. The fraction of sp³-hybridized carbons (Fsp3) is 0.375. The second kappa shape index (κ2) is 6.95. The Labute approximate surface area is 136 Å². The number of nitrogens with zero attached hydrogens (tertiary/aromatic N) is 1. The van der Waals surface area contributed by atoms with Crippen molar-refractivity contribution in [2.24, 2.45) is 5.92 Å². The number of hydrogen-bond donors (Lipinski definition) is 1. The summed E-state index contributed by atoms with van der Waals surface area (Å²) in [4.78, 5) is 25.6. The number of aryl methyl sites for hydroxylation is 1. The molecule has 0 aliphatic carbocycles. The van der Waals surface area contributed by atoms with Crippen molar-refractivity contribution in [3.63, 3.8) is 0 Å². The van der Waals surface area contributed by atoms with Gasteiger partial charge in [0.15, 0.2) is 0 Å². The summed E-state index contributed by atoms with van der Waals surface area (Å²) in [6, 6.07) is 7.79. The van der Waals surface area contributed by atoms with E-state index in [0.29, 0.717) is 6.54 Å². The minimum Gasteiger partial charge on any atom is -0.338 e. The Hall–Kier alpha value is -2.15. The van der Waals surface area contributed by atoms with Crippen molar-refractivity contribution < 1.29 is 18.0 Å². The van der Waals surface area contributed by atoms with E-state index in [1.807, 2.05) is 35.9 Å². The Balaban J connectivity index is 1.97. The number of likely N-dealkylation sites (tertiary alicyclic amines) is 1. The first-order chi connectivity index (χ1) is 10.8. The van der Waals surface area contributed by atoms with Gasteiger partial charge in [-0.15, -0.1) is 6.58 Å². The summed E-state index contributed by atoms with van der Waals surface area (Å²) in [7, 11) is -3.71. The molecule has 1 saturated heterocycles. The van der Waals surface area contributed by atoms with Crippen LogP contribution in [0.25, 0.3) is 0 Å². The first-order valence-electron chi connectivity index (χ1n) is 7.29. The number of carbonyl (C=O) groups is 2. The molecule has 1 atom stereocenters. The predicted octanol–water partition coefficient (Wildman–Crippen LogP) is 0.976. The lowest BCUT2D eigenvalue weighted by molar-refractivity contribution is -0.129. The highest BCUT2D eigenvalue weighted by Gasteiger charge is 2.35. The number of rotatable bonds is 6. The van der Waals surface area contributed by atoms with Crippen LogP contribution in [0.2, 0.25) is 0 Å². The summed E-state index contributed by atoms with van der Waals surface area (Å²) in [5, 5.41) is 0. The van der Waals surface area contributed by atoms with Crippen LogP contribution in [0.15, 0.2) is 36.9 Å². The van der Waals surface area contributed by atoms with E-state index in [0.717, 1.165) is 11.1 Å². The quantitative estimate of drug-likeness (QED) is 0.785. The summed E-state index contributed by atoms with van der Waals surface area (Å²) >= 11 is 0. The van der Waals surface area contributed by atoms with Crippen molar-refractivity contribution >= 4 is 21.8 Å². The fourth-order valence-electron chi connectivity index (χ4n) is 2.45. The van der Waals surface area contributed by atoms with Crippen molar-refractivity contribution in [2.75, 3.05) is 12.3 Å². The molecule has 1 aromatic rings. The SMILES string of the molecule is C=CCS(=O)(=O)NC(=O)C1CC(=O)N(Cc2ccc(C)cc2)C1. The summed E-state index contributed by atoms with van der Waals surface area (Å²) < 4.78 is 25.2. The molecular formula is C16H20N2O4S. The highest BCUT2D eigenvalue weighted by Crippen LogP contribution is 2.20. The minimum atomic E-state index is -3.71. The number of sulfonamides is 1. The Morgan fingerprint density at radius 3 is 2.65 bits per heavy atom. The van der Waals surface area contributed by atoms with E-state index in [-0.39, 0.29) is 24.6 Å². The van der Waals surface area contributed by atoms with E-state index in [9.17, 15) is 18.0 Å². The molecule has 7 heteroatoms. The van der Waals surface area contributed by atoms with Crippen LogP contribution in [0.5, 0.6) is 0 Å². The fourth-order valence-corrected chi connectivity index (χ4v) is 3.31. The third kappa shape index (κ3) is 4.66. The zero-order valence-electron chi connectivity index (χ0n) is 13.0. The zero-order chi connectivity index (χ0) is 17.0. The monoisotopic (exact) mass is 336 g/mol. The number of carbonyl (C=O) groups excluding carboxylic acids is 2. The van der Waals surface area contributed by atoms with E-state index in [1.165, 1.54) is 6.08 Å².